The van der Waals surface area contributed by atoms with Crippen molar-refractivity contribution in [2.24, 2.45) is 0 Å². The summed E-state index contributed by atoms with van der Waals surface area (Å²) in [6.07, 6.45) is 0.947. The van der Waals surface area contributed by atoms with Crippen molar-refractivity contribution >= 4 is 66.7 Å². The highest BCUT2D eigenvalue weighted by Crippen LogP contribution is 2.28. The lowest BCUT2D eigenvalue weighted by atomic mass is 10.0. The molecular formula is C33H32BrCl2N3O4S. The number of anilines is 1. The van der Waals surface area contributed by atoms with Gasteiger partial charge in [-0.15, -0.1) is 0 Å². The van der Waals surface area contributed by atoms with Crippen molar-refractivity contribution in [2.75, 3.05) is 17.4 Å². The standard InChI is InChI=1S/C33H32BrCl2N3O4S/c1-2-18-37-33(41)31(20-24-8-4-3-5-9-24)38(22-25-10-6-11-26(34)19-25)32(40)23-39(29-13-7-12-28(36)21-29)44(42,43)30-16-14-27(35)15-17-30/h3-17,19,21,31H,2,18,20,22-23H2,1H3,(H,37,41)/t31-/m1/s1. The molecule has 0 fully saturated rings. The fourth-order valence-electron chi connectivity index (χ4n) is 4.65. The fourth-order valence-corrected chi connectivity index (χ4v) is 6.81. The third-order valence-electron chi connectivity index (χ3n) is 6.84. The molecule has 4 rings (SSSR count). The van der Waals surface area contributed by atoms with E-state index in [0.717, 1.165) is 19.9 Å². The number of sulfonamides is 1. The van der Waals surface area contributed by atoms with Gasteiger partial charge in [-0.25, -0.2) is 8.42 Å². The second kappa shape index (κ2) is 15.6. The van der Waals surface area contributed by atoms with Gasteiger partial charge in [-0.1, -0.05) is 94.6 Å². The minimum atomic E-state index is -4.25. The average Bonchev–Trinajstić information content (AvgIpc) is 3.01. The van der Waals surface area contributed by atoms with Gasteiger partial charge in [-0.05, 0) is 72.1 Å². The van der Waals surface area contributed by atoms with Crippen molar-refractivity contribution in [3.8, 4) is 0 Å². The van der Waals surface area contributed by atoms with E-state index in [2.05, 4.69) is 21.2 Å². The molecule has 0 spiro atoms. The van der Waals surface area contributed by atoms with Gasteiger partial charge in [-0.3, -0.25) is 13.9 Å². The molecule has 0 aliphatic carbocycles. The molecule has 0 saturated heterocycles. The van der Waals surface area contributed by atoms with Crippen LogP contribution in [0.25, 0.3) is 0 Å². The van der Waals surface area contributed by atoms with E-state index in [4.69, 9.17) is 23.2 Å². The number of amides is 2. The van der Waals surface area contributed by atoms with Crippen LogP contribution in [-0.2, 0) is 32.6 Å². The van der Waals surface area contributed by atoms with E-state index in [0.29, 0.717) is 23.0 Å². The summed E-state index contributed by atoms with van der Waals surface area (Å²) in [6.45, 7) is 1.87. The van der Waals surface area contributed by atoms with Gasteiger partial charge in [-0.2, -0.15) is 0 Å². The Morgan fingerprint density at radius 1 is 0.841 bits per heavy atom. The summed E-state index contributed by atoms with van der Waals surface area (Å²) in [4.78, 5) is 29.5. The summed E-state index contributed by atoms with van der Waals surface area (Å²) >= 11 is 15.8. The van der Waals surface area contributed by atoms with Gasteiger partial charge < -0.3 is 10.2 Å². The predicted molar refractivity (Wildman–Crippen MR) is 179 cm³/mol. The summed E-state index contributed by atoms with van der Waals surface area (Å²) in [5.41, 5.74) is 1.83. The molecule has 0 radical (unpaired) electrons. The van der Waals surface area contributed by atoms with E-state index in [1.165, 1.54) is 35.2 Å². The van der Waals surface area contributed by atoms with Crippen molar-refractivity contribution in [3.05, 3.63) is 129 Å². The number of nitrogens with one attached hydrogen (secondary N) is 1. The molecule has 0 aliphatic rings. The Morgan fingerprint density at radius 2 is 1.52 bits per heavy atom. The lowest BCUT2D eigenvalue weighted by molar-refractivity contribution is -0.140. The van der Waals surface area contributed by atoms with Crippen LogP contribution < -0.4 is 9.62 Å². The van der Waals surface area contributed by atoms with Gasteiger partial charge in [0.25, 0.3) is 10.0 Å². The maximum absolute atomic E-state index is 14.4. The molecule has 7 nitrogen and oxygen atoms in total. The number of carbonyl (C=O) groups excluding carboxylic acids is 2. The first kappa shape index (κ1) is 33.5. The number of halogens is 3. The van der Waals surface area contributed by atoms with E-state index in [9.17, 15) is 18.0 Å². The van der Waals surface area contributed by atoms with Crippen LogP contribution in [0.5, 0.6) is 0 Å². The molecule has 230 valence electrons. The summed E-state index contributed by atoms with van der Waals surface area (Å²) in [7, 11) is -4.25. The first-order valence-electron chi connectivity index (χ1n) is 14.0. The molecule has 0 bridgehead atoms. The Labute approximate surface area is 277 Å². The molecule has 1 N–H and O–H groups in total. The highest BCUT2D eigenvalue weighted by Gasteiger charge is 2.34. The maximum Gasteiger partial charge on any atom is 0.264 e. The number of hydrogen-bond acceptors (Lipinski definition) is 4. The monoisotopic (exact) mass is 715 g/mol. The van der Waals surface area contributed by atoms with Crippen LogP contribution in [0.1, 0.15) is 24.5 Å². The zero-order chi connectivity index (χ0) is 31.7. The van der Waals surface area contributed by atoms with E-state index >= 15 is 0 Å². The number of rotatable bonds is 13. The number of benzene rings is 4. The van der Waals surface area contributed by atoms with E-state index in [-0.39, 0.29) is 29.5 Å². The molecule has 0 heterocycles. The zero-order valence-electron chi connectivity index (χ0n) is 24.0. The third-order valence-corrected chi connectivity index (χ3v) is 9.61. The van der Waals surface area contributed by atoms with Gasteiger partial charge in [0.1, 0.15) is 12.6 Å². The normalized spacial score (nSPS) is 11.9. The molecular weight excluding hydrogens is 685 g/mol. The predicted octanol–water partition coefficient (Wildman–Crippen LogP) is 7.12. The minimum Gasteiger partial charge on any atom is -0.354 e. The first-order valence-corrected chi connectivity index (χ1v) is 17.0. The van der Waals surface area contributed by atoms with Crippen molar-refractivity contribution in [2.45, 2.75) is 37.2 Å². The largest absolute Gasteiger partial charge is 0.354 e. The summed E-state index contributed by atoms with van der Waals surface area (Å²) in [5.74, 6) is -0.885. The van der Waals surface area contributed by atoms with Crippen LogP contribution in [0.3, 0.4) is 0 Å². The third kappa shape index (κ3) is 8.85. The van der Waals surface area contributed by atoms with E-state index in [1.807, 2.05) is 61.5 Å². The number of hydrogen-bond donors (Lipinski definition) is 1. The van der Waals surface area contributed by atoms with Crippen LogP contribution >= 0.6 is 39.1 Å². The molecule has 2 amide bonds. The topological polar surface area (TPSA) is 86.8 Å². The maximum atomic E-state index is 14.4. The van der Waals surface area contributed by atoms with Crippen molar-refractivity contribution in [1.82, 2.24) is 10.2 Å². The smallest absolute Gasteiger partial charge is 0.264 e. The Balaban J connectivity index is 1.80. The molecule has 44 heavy (non-hydrogen) atoms. The van der Waals surface area contributed by atoms with Crippen molar-refractivity contribution in [1.29, 1.82) is 0 Å². The highest BCUT2D eigenvalue weighted by molar-refractivity contribution is 9.10. The quantitative estimate of drug-likeness (QED) is 0.160. The van der Waals surface area contributed by atoms with Gasteiger partial charge >= 0.3 is 0 Å². The zero-order valence-corrected chi connectivity index (χ0v) is 27.9. The van der Waals surface area contributed by atoms with Crippen molar-refractivity contribution < 1.29 is 18.0 Å². The Bertz CT molecular complexity index is 1690. The highest BCUT2D eigenvalue weighted by atomic mass is 79.9. The molecule has 0 aliphatic heterocycles. The van der Waals surface area contributed by atoms with Crippen LogP contribution in [0.2, 0.25) is 10.0 Å². The molecule has 0 unspecified atom stereocenters. The lowest BCUT2D eigenvalue weighted by Crippen LogP contribution is -2.53. The lowest BCUT2D eigenvalue weighted by Gasteiger charge is -2.34. The second-order valence-electron chi connectivity index (χ2n) is 10.1. The first-order chi connectivity index (χ1) is 21.1. The van der Waals surface area contributed by atoms with Crippen LogP contribution in [-0.4, -0.2) is 44.3 Å². The Kier molecular flexibility index (Phi) is 11.9. The van der Waals surface area contributed by atoms with E-state index in [1.54, 1.807) is 18.2 Å². The Morgan fingerprint density at radius 3 is 2.18 bits per heavy atom. The van der Waals surface area contributed by atoms with Gasteiger partial charge in [0.2, 0.25) is 11.8 Å². The molecule has 0 saturated carbocycles. The summed E-state index contributed by atoms with van der Waals surface area (Å²) in [6, 6.07) is 27.9. The molecule has 0 aromatic heterocycles. The number of nitrogens with zero attached hydrogens (tertiary/aromatic N) is 2. The van der Waals surface area contributed by atoms with Gasteiger partial charge in [0.05, 0.1) is 10.6 Å². The Hall–Kier alpha value is -3.37. The van der Waals surface area contributed by atoms with Crippen LogP contribution in [0.4, 0.5) is 5.69 Å². The number of carbonyl (C=O) groups is 2. The van der Waals surface area contributed by atoms with Gasteiger partial charge in [0.15, 0.2) is 0 Å². The average molecular weight is 718 g/mol. The fraction of sp³-hybridized carbons (Fsp3) is 0.212. The molecule has 1 atom stereocenters. The molecule has 4 aromatic carbocycles. The van der Waals surface area contributed by atoms with Crippen LogP contribution in [0.15, 0.2) is 112 Å². The van der Waals surface area contributed by atoms with Gasteiger partial charge in [0, 0.05) is 34.0 Å². The van der Waals surface area contributed by atoms with E-state index < -0.39 is 28.5 Å². The minimum absolute atomic E-state index is 0.0465. The summed E-state index contributed by atoms with van der Waals surface area (Å²) < 4.78 is 29.9. The summed E-state index contributed by atoms with van der Waals surface area (Å²) in [5, 5.41) is 3.61. The van der Waals surface area contributed by atoms with Crippen molar-refractivity contribution in [3.63, 3.8) is 0 Å². The molecule has 4 aromatic rings. The SMILES string of the molecule is CCCNC(=O)[C@@H](Cc1ccccc1)N(Cc1cccc(Br)c1)C(=O)CN(c1cccc(Cl)c1)S(=O)(=O)c1ccc(Cl)cc1. The van der Waals surface area contributed by atoms with Crippen LogP contribution in [0, 0.1) is 0 Å². The molecule has 11 heteroatoms. The second-order valence-corrected chi connectivity index (χ2v) is 13.7.